The third kappa shape index (κ3) is 2.47. The van der Waals surface area contributed by atoms with Crippen LogP contribution in [0.5, 0.6) is 0 Å². The number of nitriles is 1. The molecule has 1 saturated heterocycles. The molecule has 0 unspecified atom stereocenters. The maximum Gasteiger partial charge on any atom is 0.132 e. The SMILES string of the molecule is Cc1nccc(N2CCN(CC#N)CC2)n1. The average molecular weight is 217 g/mol. The molecule has 0 radical (unpaired) electrons. The highest BCUT2D eigenvalue weighted by atomic mass is 15.3. The van der Waals surface area contributed by atoms with Gasteiger partial charge in [0.05, 0.1) is 12.6 Å². The van der Waals surface area contributed by atoms with Gasteiger partial charge >= 0.3 is 0 Å². The van der Waals surface area contributed by atoms with Crippen molar-refractivity contribution in [1.29, 1.82) is 5.26 Å². The van der Waals surface area contributed by atoms with Crippen molar-refractivity contribution in [3.8, 4) is 6.07 Å². The molecule has 84 valence electrons. The summed E-state index contributed by atoms with van der Waals surface area (Å²) in [6, 6.07) is 4.12. The number of hydrogen-bond donors (Lipinski definition) is 0. The molecule has 2 rings (SSSR count). The van der Waals surface area contributed by atoms with Crippen molar-refractivity contribution < 1.29 is 0 Å². The minimum absolute atomic E-state index is 0.524. The van der Waals surface area contributed by atoms with Crippen molar-refractivity contribution in [2.24, 2.45) is 0 Å². The van der Waals surface area contributed by atoms with E-state index >= 15 is 0 Å². The second-order valence-electron chi connectivity index (χ2n) is 3.88. The molecule has 0 atom stereocenters. The second kappa shape index (κ2) is 4.90. The van der Waals surface area contributed by atoms with Crippen LogP contribution in [-0.2, 0) is 0 Å². The summed E-state index contributed by atoms with van der Waals surface area (Å²) < 4.78 is 0. The van der Waals surface area contributed by atoms with Crippen LogP contribution in [0.3, 0.4) is 0 Å². The molecule has 1 fully saturated rings. The van der Waals surface area contributed by atoms with Crippen LogP contribution in [0.15, 0.2) is 12.3 Å². The van der Waals surface area contributed by atoms with Gasteiger partial charge in [-0.1, -0.05) is 0 Å². The summed E-state index contributed by atoms with van der Waals surface area (Å²) in [5.41, 5.74) is 0. The highest BCUT2D eigenvalue weighted by Gasteiger charge is 2.17. The standard InChI is InChI=1S/C11H15N5/c1-10-13-4-2-11(14-10)16-8-6-15(5-3-12)7-9-16/h2,4H,5-9H2,1H3. The lowest BCUT2D eigenvalue weighted by atomic mass is 10.3. The number of anilines is 1. The van der Waals surface area contributed by atoms with Crippen molar-refractivity contribution in [3.05, 3.63) is 18.1 Å². The van der Waals surface area contributed by atoms with Gasteiger partial charge in [-0.05, 0) is 13.0 Å². The van der Waals surface area contributed by atoms with Crippen LogP contribution < -0.4 is 4.90 Å². The molecule has 1 aromatic rings. The van der Waals surface area contributed by atoms with Crippen LogP contribution in [0, 0.1) is 18.3 Å². The van der Waals surface area contributed by atoms with Crippen molar-refractivity contribution in [1.82, 2.24) is 14.9 Å². The zero-order chi connectivity index (χ0) is 11.4. The topological polar surface area (TPSA) is 56.1 Å². The summed E-state index contributed by atoms with van der Waals surface area (Å²) in [5, 5.41) is 8.61. The highest BCUT2D eigenvalue weighted by Crippen LogP contribution is 2.12. The van der Waals surface area contributed by atoms with Crippen LogP contribution >= 0.6 is 0 Å². The zero-order valence-corrected chi connectivity index (χ0v) is 9.43. The summed E-state index contributed by atoms with van der Waals surface area (Å²) in [5.74, 6) is 1.79. The van der Waals surface area contributed by atoms with Gasteiger partial charge in [-0.2, -0.15) is 5.26 Å². The van der Waals surface area contributed by atoms with Gasteiger partial charge in [-0.25, -0.2) is 9.97 Å². The third-order valence-electron chi connectivity index (χ3n) is 2.75. The molecule has 16 heavy (non-hydrogen) atoms. The summed E-state index contributed by atoms with van der Waals surface area (Å²) in [6.45, 7) is 6.13. The molecular formula is C11H15N5. The first-order chi connectivity index (χ1) is 7.79. The Labute approximate surface area is 95.3 Å². The summed E-state index contributed by atoms with van der Waals surface area (Å²) in [4.78, 5) is 12.9. The van der Waals surface area contributed by atoms with Crippen molar-refractivity contribution >= 4 is 5.82 Å². The van der Waals surface area contributed by atoms with Crippen molar-refractivity contribution in [2.45, 2.75) is 6.92 Å². The van der Waals surface area contributed by atoms with Gasteiger partial charge in [0.15, 0.2) is 0 Å². The number of piperazine rings is 1. The monoisotopic (exact) mass is 217 g/mol. The van der Waals surface area contributed by atoms with Gasteiger partial charge < -0.3 is 4.90 Å². The van der Waals surface area contributed by atoms with E-state index < -0.39 is 0 Å². The smallest absolute Gasteiger partial charge is 0.132 e. The Kier molecular flexibility index (Phi) is 3.32. The van der Waals surface area contributed by atoms with E-state index in [4.69, 9.17) is 5.26 Å². The van der Waals surface area contributed by atoms with Gasteiger partial charge in [-0.15, -0.1) is 0 Å². The van der Waals surface area contributed by atoms with Gasteiger partial charge in [0.2, 0.25) is 0 Å². The highest BCUT2D eigenvalue weighted by molar-refractivity contribution is 5.37. The number of aryl methyl sites for hydroxylation is 1. The molecule has 0 N–H and O–H groups in total. The van der Waals surface area contributed by atoms with E-state index in [9.17, 15) is 0 Å². The normalized spacial score (nSPS) is 17.1. The summed E-state index contributed by atoms with van der Waals surface area (Å²) in [7, 11) is 0. The van der Waals surface area contributed by atoms with Crippen LogP contribution in [0.1, 0.15) is 5.82 Å². The summed E-state index contributed by atoms with van der Waals surface area (Å²) in [6.07, 6.45) is 1.79. The molecule has 5 nitrogen and oxygen atoms in total. The van der Waals surface area contributed by atoms with Gasteiger partial charge in [0, 0.05) is 32.4 Å². The molecule has 1 aliphatic rings. The molecule has 0 saturated carbocycles. The lowest BCUT2D eigenvalue weighted by Crippen LogP contribution is -2.46. The van der Waals surface area contributed by atoms with E-state index in [2.05, 4.69) is 25.8 Å². The first-order valence-electron chi connectivity index (χ1n) is 5.43. The molecule has 0 aromatic carbocycles. The summed E-state index contributed by atoms with van der Waals surface area (Å²) >= 11 is 0. The lowest BCUT2D eigenvalue weighted by molar-refractivity contribution is 0.286. The van der Waals surface area contributed by atoms with Crippen LogP contribution in [-0.4, -0.2) is 47.6 Å². The van der Waals surface area contributed by atoms with E-state index in [-0.39, 0.29) is 0 Å². The molecule has 5 heteroatoms. The minimum atomic E-state index is 0.524. The van der Waals surface area contributed by atoms with Crippen LogP contribution in [0.2, 0.25) is 0 Å². The van der Waals surface area contributed by atoms with Gasteiger partial charge in [0.1, 0.15) is 11.6 Å². The fourth-order valence-corrected chi connectivity index (χ4v) is 1.85. The average Bonchev–Trinajstić information content (AvgIpc) is 2.30. The Morgan fingerprint density at radius 3 is 2.75 bits per heavy atom. The number of nitrogens with zero attached hydrogens (tertiary/aromatic N) is 5. The molecule has 0 aliphatic carbocycles. The number of rotatable bonds is 2. The van der Waals surface area contributed by atoms with Crippen LogP contribution in [0.4, 0.5) is 5.82 Å². The van der Waals surface area contributed by atoms with Crippen LogP contribution in [0.25, 0.3) is 0 Å². The molecule has 0 amide bonds. The fourth-order valence-electron chi connectivity index (χ4n) is 1.85. The zero-order valence-electron chi connectivity index (χ0n) is 9.43. The Hall–Kier alpha value is -1.67. The van der Waals surface area contributed by atoms with E-state index in [1.54, 1.807) is 6.20 Å². The first kappa shape index (κ1) is 10.8. The number of hydrogen-bond acceptors (Lipinski definition) is 5. The van der Waals surface area contributed by atoms with E-state index in [0.29, 0.717) is 6.54 Å². The maximum absolute atomic E-state index is 8.61. The third-order valence-corrected chi connectivity index (χ3v) is 2.75. The molecule has 1 aliphatic heterocycles. The number of aromatic nitrogens is 2. The van der Waals surface area contributed by atoms with E-state index in [1.165, 1.54) is 0 Å². The molecule has 0 bridgehead atoms. The molecule has 1 aromatic heterocycles. The van der Waals surface area contributed by atoms with Crippen molar-refractivity contribution in [2.75, 3.05) is 37.6 Å². The second-order valence-corrected chi connectivity index (χ2v) is 3.88. The molecule has 0 spiro atoms. The maximum atomic E-state index is 8.61. The largest absolute Gasteiger partial charge is 0.354 e. The van der Waals surface area contributed by atoms with Gasteiger partial charge in [0.25, 0.3) is 0 Å². The van der Waals surface area contributed by atoms with E-state index in [1.807, 2.05) is 13.0 Å². The molecular weight excluding hydrogens is 202 g/mol. The predicted molar refractivity (Wildman–Crippen MR) is 61.0 cm³/mol. The minimum Gasteiger partial charge on any atom is -0.354 e. The lowest BCUT2D eigenvalue weighted by Gasteiger charge is -2.34. The Morgan fingerprint density at radius 1 is 1.38 bits per heavy atom. The quantitative estimate of drug-likeness (QED) is 0.672. The Bertz CT molecular complexity index is 390. The first-order valence-corrected chi connectivity index (χ1v) is 5.43. The molecule has 2 heterocycles. The Morgan fingerprint density at radius 2 is 2.12 bits per heavy atom. The predicted octanol–water partition coefficient (Wildman–Crippen LogP) is 0.431. The van der Waals surface area contributed by atoms with E-state index in [0.717, 1.165) is 37.8 Å². The van der Waals surface area contributed by atoms with Gasteiger partial charge in [-0.3, -0.25) is 4.90 Å². The van der Waals surface area contributed by atoms with Crippen molar-refractivity contribution in [3.63, 3.8) is 0 Å². The Balaban J connectivity index is 1.97. The fraction of sp³-hybridized carbons (Fsp3) is 0.545.